The van der Waals surface area contributed by atoms with Crippen molar-refractivity contribution in [1.29, 1.82) is 0 Å². The largest absolute Gasteiger partial charge is 0.464 e. The number of halogens is 2. The van der Waals surface area contributed by atoms with Crippen LogP contribution in [0.5, 0.6) is 5.19 Å². The van der Waals surface area contributed by atoms with E-state index in [0.29, 0.717) is 22.6 Å². The second-order valence-electron chi connectivity index (χ2n) is 10.6. The van der Waals surface area contributed by atoms with E-state index in [9.17, 15) is 13.6 Å². The first-order valence-electron chi connectivity index (χ1n) is 13.5. The minimum Gasteiger partial charge on any atom is -0.464 e. The Morgan fingerprint density at radius 1 is 1.18 bits per heavy atom. The van der Waals surface area contributed by atoms with Gasteiger partial charge in [-0.3, -0.25) is 9.78 Å². The van der Waals surface area contributed by atoms with Crippen LogP contribution in [0.15, 0.2) is 41.5 Å². The number of carbonyl (C=O) groups is 1. The van der Waals surface area contributed by atoms with Crippen LogP contribution >= 0.6 is 11.3 Å². The van der Waals surface area contributed by atoms with Gasteiger partial charge in [0.2, 0.25) is 0 Å². The maximum atomic E-state index is 13.1. The molecule has 5 rings (SSSR count). The van der Waals surface area contributed by atoms with Crippen molar-refractivity contribution in [3.05, 3.63) is 52.7 Å². The van der Waals surface area contributed by atoms with E-state index < -0.39 is 12.5 Å². The molecule has 1 amide bonds. The predicted octanol–water partition coefficient (Wildman–Crippen LogP) is 6.23. The number of thiazole rings is 1. The summed E-state index contributed by atoms with van der Waals surface area (Å²) in [7, 11) is 0. The average molecular weight is 541 g/mol. The third kappa shape index (κ3) is 6.99. The Bertz CT molecular complexity index is 1250. The molecule has 1 aliphatic heterocycles. The van der Waals surface area contributed by atoms with Crippen LogP contribution < -0.4 is 4.74 Å². The summed E-state index contributed by atoms with van der Waals surface area (Å²) < 4.78 is 31.4. The summed E-state index contributed by atoms with van der Waals surface area (Å²) in [5.41, 5.74) is 2.42. The Kier molecular flexibility index (Phi) is 8.43. The topological polar surface area (TPSA) is 67.7 Å². The maximum absolute atomic E-state index is 13.1. The standard InChI is InChI=1S/C29H34F2N4O2S/c1-29(30,31)19-37-28-34-25-12-16-35(17-13-26(25)38-28)15-11-20-7-9-21(10-8-20)18-33-27(36)23-4-2-6-24-22(23)5-3-14-32-24/h2-6,14,18,20-21H,7-13,15-17,19H2,1H3. The van der Waals surface area contributed by atoms with Crippen molar-refractivity contribution in [2.45, 2.75) is 57.8 Å². The van der Waals surface area contributed by atoms with Gasteiger partial charge in [0.1, 0.15) is 0 Å². The number of alkyl halides is 2. The zero-order chi connectivity index (χ0) is 26.5. The van der Waals surface area contributed by atoms with E-state index in [1.165, 1.54) is 17.8 Å². The van der Waals surface area contributed by atoms with Gasteiger partial charge in [-0.25, -0.2) is 18.8 Å². The molecule has 0 saturated heterocycles. The molecule has 6 nitrogen and oxygen atoms in total. The molecule has 3 aromatic rings. The van der Waals surface area contributed by atoms with Crippen molar-refractivity contribution in [2.24, 2.45) is 16.8 Å². The molecule has 2 aliphatic rings. The smallest absolute Gasteiger partial charge is 0.278 e. The first kappa shape index (κ1) is 26.8. The lowest BCUT2D eigenvalue weighted by molar-refractivity contribution is -0.0230. The number of pyridine rings is 1. The summed E-state index contributed by atoms with van der Waals surface area (Å²) in [6.45, 7) is 3.20. The summed E-state index contributed by atoms with van der Waals surface area (Å²) in [6, 6.07) is 9.34. The van der Waals surface area contributed by atoms with Gasteiger partial charge >= 0.3 is 0 Å². The van der Waals surface area contributed by atoms with Crippen molar-refractivity contribution in [1.82, 2.24) is 14.9 Å². The van der Waals surface area contributed by atoms with E-state index in [-0.39, 0.29) is 5.91 Å². The highest BCUT2D eigenvalue weighted by Crippen LogP contribution is 2.32. The molecule has 1 fully saturated rings. The van der Waals surface area contributed by atoms with Gasteiger partial charge in [0.25, 0.3) is 17.0 Å². The molecule has 0 bridgehead atoms. The number of aromatic nitrogens is 2. The zero-order valence-electron chi connectivity index (χ0n) is 21.7. The number of nitrogens with zero attached hydrogens (tertiary/aromatic N) is 4. The molecule has 202 valence electrons. The van der Waals surface area contributed by atoms with Gasteiger partial charge in [-0.05, 0) is 75.1 Å². The Hall–Kier alpha value is -2.78. The fourth-order valence-electron chi connectivity index (χ4n) is 5.38. The summed E-state index contributed by atoms with van der Waals surface area (Å²) in [6.07, 6.45) is 11.0. The van der Waals surface area contributed by atoms with Crippen LogP contribution in [0.25, 0.3) is 10.9 Å². The highest BCUT2D eigenvalue weighted by molar-refractivity contribution is 7.13. The quantitative estimate of drug-likeness (QED) is 0.317. The van der Waals surface area contributed by atoms with Crippen molar-refractivity contribution in [3.8, 4) is 5.19 Å². The van der Waals surface area contributed by atoms with Crippen molar-refractivity contribution in [2.75, 3.05) is 26.2 Å². The second kappa shape index (κ2) is 11.9. The lowest BCUT2D eigenvalue weighted by Crippen LogP contribution is -2.29. The number of fused-ring (bicyclic) bond motifs is 2. The van der Waals surface area contributed by atoms with Gasteiger partial charge in [-0.15, -0.1) is 0 Å². The fraction of sp³-hybridized carbons (Fsp3) is 0.517. The van der Waals surface area contributed by atoms with Gasteiger partial charge in [0.05, 0.1) is 16.8 Å². The average Bonchev–Trinajstić information content (AvgIpc) is 3.22. The number of hydrogen-bond donors (Lipinski definition) is 0. The zero-order valence-corrected chi connectivity index (χ0v) is 22.6. The normalized spacial score (nSPS) is 20.9. The second-order valence-corrected chi connectivity index (χ2v) is 11.6. The van der Waals surface area contributed by atoms with Crippen molar-refractivity contribution >= 4 is 34.4 Å². The highest BCUT2D eigenvalue weighted by Gasteiger charge is 2.25. The number of rotatable bonds is 8. The first-order valence-corrected chi connectivity index (χ1v) is 14.3. The third-order valence-corrected chi connectivity index (χ3v) is 8.62. The van der Waals surface area contributed by atoms with Crippen LogP contribution in [-0.2, 0) is 12.8 Å². The molecule has 2 aromatic heterocycles. The van der Waals surface area contributed by atoms with Gasteiger partial charge in [-0.2, -0.15) is 0 Å². The Balaban J connectivity index is 1.04. The molecule has 38 heavy (non-hydrogen) atoms. The lowest BCUT2D eigenvalue weighted by Gasteiger charge is -2.28. The van der Waals surface area contributed by atoms with E-state index in [2.05, 4.69) is 19.9 Å². The number of hydrogen-bond acceptors (Lipinski definition) is 6. The van der Waals surface area contributed by atoms with E-state index in [0.717, 1.165) is 86.6 Å². The summed E-state index contributed by atoms with van der Waals surface area (Å²) in [4.78, 5) is 29.5. The van der Waals surface area contributed by atoms with E-state index in [1.54, 1.807) is 6.20 Å². The SMILES string of the molecule is CC(F)(F)COc1nc2c(s1)CCN(CCC1CCC(C=NC(=O)c3cccc4ncccc34)CC1)CC2. The Morgan fingerprint density at radius 3 is 2.82 bits per heavy atom. The van der Waals surface area contributed by atoms with Crippen LogP contribution in [0.1, 0.15) is 60.0 Å². The van der Waals surface area contributed by atoms with Crippen LogP contribution in [0.4, 0.5) is 8.78 Å². The van der Waals surface area contributed by atoms with E-state index >= 15 is 0 Å². The number of amides is 1. The molecular formula is C29H34F2N4O2S. The van der Waals surface area contributed by atoms with Crippen LogP contribution in [0.3, 0.4) is 0 Å². The molecule has 1 saturated carbocycles. The molecule has 0 spiro atoms. The maximum Gasteiger partial charge on any atom is 0.278 e. The fourth-order valence-corrected chi connectivity index (χ4v) is 6.33. The molecule has 3 heterocycles. The van der Waals surface area contributed by atoms with Gasteiger partial charge < -0.3 is 9.64 Å². The van der Waals surface area contributed by atoms with Crippen LogP contribution in [0, 0.1) is 11.8 Å². The summed E-state index contributed by atoms with van der Waals surface area (Å²) in [5, 5.41) is 1.20. The molecule has 1 aromatic carbocycles. The first-order chi connectivity index (χ1) is 18.3. The van der Waals surface area contributed by atoms with Crippen molar-refractivity contribution < 1.29 is 18.3 Å². The van der Waals surface area contributed by atoms with Gasteiger partial charge in [-0.1, -0.05) is 23.5 Å². The minimum atomic E-state index is -2.85. The van der Waals surface area contributed by atoms with Crippen molar-refractivity contribution in [3.63, 3.8) is 0 Å². The van der Waals surface area contributed by atoms with Gasteiger partial charge in [0, 0.05) is 49.1 Å². The molecule has 1 aliphatic carbocycles. The lowest BCUT2D eigenvalue weighted by atomic mass is 9.81. The molecule has 0 atom stereocenters. The number of carbonyl (C=O) groups excluding carboxylic acids is 1. The summed E-state index contributed by atoms with van der Waals surface area (Å²) >= 11 is 1.41. The van der Waals surface area contributed by atoms with E-state index in [1.807, 2.05) is 36.5 Å². The number of benzene rings is 1. The van der Waals surface area contributed by atoms with Gasteiger partial charge in [0.15, 0.2) is 6.61 Å². The molecule has 0 unspecified atom stereocenters. The van der Waals surface area contributed by atoms with Crippen LogP contribution in [-0.4, -0.2) is 59.2 Å². The third-order valence-electron chi connectivity index (χ3n) is 7.55. The Morgan fingerprint density at radius 2 is 2.00 bits per heavy atom. The molecule has 9 heteroatoms. The minimum absolute atomic E-state index is 0.197. The number of ether oxygens (including phenoxy) is 1. The molecular weight excluding hydrogens is 506 g/mol. The highest BCUT2D eigenvalue weighted by atomic mass is 32.1. The Labute approximate surface area is 226 Å². The molecule has 0 N–H and O–H groups in total. The monoisotopic (exact) mass is 540 g/mol. The molecule has 0 radical (unpaired) electrons. The van der Waals surface area contributed by atoms with Crippen LogP contribution in [0.2, 0.25) is 0 Å². The van der Waals surface area contributed by atoms with E-state index in [4.69, 9.17) is 4.74 Å². The predicted molar refractivity (Wildman–Crippen MR) is 147 cm³/mol. The summed E-state index contributed by atoms with van der Waals surface area (Å²) in [5.74, 6) is -1.99. The number of aliphatic imine (C=N–C) groups is 1.